The monoisotopic (exact) mass is 203 g/mol. The van der Waals surface area contributed by atoms with Gasteiger partial charge in [-0.1, -0.05) is 19.9 Å². The molecule has 0 aliphatic carbocycles. The molecular weight excluding hydrogens is 186 g/mol. The van der Waals surface area contributed by atoms with Gasteiger partial charge >= 0.3 is 0 Å². The Balaban J connectivity index is 3.08. The third-order valence-corrected chi connectivity index (χ3v) is 2.80. The predicted molar refractivity (Wildman–Crippen MR) is 61.0 cm³/mol. The van der Waals surface area contributed by atoms with Crippen molar-refractivity contribution in [2.24, 2.45) is 0 Å². The Hall–Kier alpha value is -1.49. The molecule has 0 saturated carbocycles. The summed E-state index contributed by atoms with van der Waals surface area (Å²) in [5.74, 6) is 1.20. The highest BCUT2D eigenvalue weighted by molar-refractivity contribution is 5.46. The van der Waals surface area contributed by atoms with Gasteiger partial charge < -0.3 is 4.74 Å². The topological polar surface area (TPSA) is 33.0 Å². The maximum atomic E-state index is 8.97. The molecule has 0 radical (unpaired) electrons. The summed E-state index contributed by atoms with van der Waals surface area (Å²) in [5, 5.41) is 8.97. The highest BCUT2D eigenvalue weighted by Gasteiger charge is 2.10. The molecule has 0 bridgehead atoms. The first-order valence-electron chi connectivity index (χ1n) is 5.34. The number of hydrogen-bond donors (Lipinski definition) is 0. The third-order valence-electron chi connectivity index (χ3n) is 2.80. The van der Waals surface area contributed by atoms with Crippen molar-refractivity contribution in [3.8, 4) is 11.8 Å². The smallest absolute Gasteiger partial charge is 0.136 e. The molecule has 0 heterocycles. The van der Waals surface area contributed by atoms with Crippen LogP contribution >= 0.6 is 0 Å². The van der Waals surface area contributed by atoms with Crippen molar-refractivity contribution >= 4 is 0 Å². The van der Waals surface area contributed by atoms with Gasteiger partial charge in [0.2, 0.25) is 0 Å². The minimum absolute atomic E-state index is 0.544. The number of benzene rings is 1. The van der Waals surface area contributed by atoms with Crippen molar-refractivity contribution < 1.29 is 4.74 Å². The number of nitriles is 1. The third kappa shape index (κ3) is 2.50. The SMILES string of the molecule is CCC(CC)c1ccc(OC)c(C#N)c1. The number of methoxy groups -OCH3 is 1. The molecule has 0 unspecified atom stereocenters. The lowest BCUT2D eigenvalue weighted by molar-refractivity contribution is 0.413. The highest BCUT2D eigenvalue weighted by atomic mass is 16.5. The van der Waals surface area contributed by atoms with Crippen LogP contribution in [0.2, 0.25) is 0 Å². The van der Waals surface area contributed by atoms with E-state index >= 15 is 0 Å². The fraction of sp³-hybridized carbons (Fsp3) is 0.462. The second-order valence-electron chi connectivity index (χ2n) is 3.58. The number of hydrogen-bond acceptors (Lipinski definition) is 2. The fourth-order valence-electron chi connectivity index (χ4n) is 1.83. The Morgan fingerprint density at radius 1 is 1.33 bits per heavy atom. The van der Waals surface area contributed by atoms with Crippen molar-refractivity contribution in [3.63, 3.8) is 0 Å². The van der Waals surface area contributed by atoms with Crippen LogP contribution in [0.15, 0.2) is 18.2 Å². The molecule has 2 heteroatoms. The van der Waals surface area contributed by atoms with Gasteiger partial charge in [-0.05, 0) is 36.5 Å². The van der Waals surface area contributed by atoms with E-state index in [0.717, 1.165) is 12.8 Å². The van der Waals surface area contributed by atoms with E-state index in [9.17, 15) is 0 Å². The molecule has 0 atom stereocenters. The summed E-state index contributed by atoms with van der Waals surface area (Å²) >= 11 is 0. The fourth-order valence-corrected chi connectivity index (χ4v) is 1.83. The van der Waals surface area contributed by atoms with Gasteiger partial charge in [-0.3, -0.25) is 0 Å². The van der Waals surface area contributed by atoms with Gasteiger partial charge in [0.15, 0.2) is 0 Å². The number of rotatable bonds is 4. The minimum Gasteiger partial charge on any atom is -0.495 e. The van der Waals surface area contributed by atoms with Gasteiger partial charge in [0.1, 0.15) is 11.8 Å². The zero-order valence-corrected chi connectivity index (χ0v) is 9.58. The molecule has 80 valence electrons. The summed E-state index contributed by atoms with van der Waals surface area (Å²) < 4.78 is 5.12. The second-order valence-corrected chi connectivity index (χ2v) is 3.58. The van der Waals surface area contributed by atoms with E-state index in [1.165, 1.54) is 5.56 Å². The number of ether oxygens (including phenoxy) is 1. The van der Waals surface area contributed by atoms with Crippen molar-refractivity contribution in [1.29, 1.82) is 5.26 Å². The molecule has 0 fully saturated rings. The van der Waals surface area contributed by atoms with Gasteiger partial charge in [0, 0.05) is 0 Å². The zero-order valence-electron chi connectivity index (χ0n) is 9.58. The van der Waals surface area contributed by atoms with Crippen LogP contribution in [0.25, 0.3) is 0 Å². The van der Waals surface area contributed by atoms with Crippen LogP contribution in [0.1, 0.15) is 43.7 Å². The molecule has 0 aromatic heterocycles. The summed E-state index contributed by atoms with van der Waals surface area (Å²) in [6.07, 6.45) is 2.21. The van der Waals surface area contributed by atoms with Crippen LogP contribution in [0.5, 0.6) is 5.75 Å². The zero-order chi connectivity index (χ0) is 11.3. The Labute approximate surface area is 91.5 Å². The maximum absolute atomic E-state index is 8.97. The van der Waals surface area contributed by atoms with Crippen molar-refractivity contribution in [2.75, 3.05) is 7.11 Å². The Morgan fingerprint density at radius 2 is 2.00 bits per heavy atom. The van der Waals surface area contributed by atoms with Crippen LogP contribution in [-0.2, 0) is 0 Å². The Kier molecular flexibility index (Phi) is 4.17. The first-order chi connectivity index (χ1) is 7.26. The van der Waals surface area contributed by atoms with Gasteiger partial charge in [-0.25, -0.2) is 0 Å². The average Bonchev–Trinajstić information content (AvgIpc) is 2.30. The summed E-state index contributed by atoms with van der Waals surface area (Å²) in [6, 6.07) is 8.04. The van der Waals surface area contributed by atoms with E-state index in [-0.39, 0.29) is 0 Å². The molecule has 0 aliphatic heterocycles. The van der Waals surface area contributed by atoms with Crippen LogP contribution in [-0.4, -0.2) is 7.11 Å². The van der Waals surface area contributed by atoms with E-state index < -0.39 is 0 Å². The van der Waals surface area contributed by atoms with Gasteiger partial charge in [0.25, 0.3) is 0 Å². The lowest BCUT2D eigenvalue weighted by atomic mass is 9.93. The molecule has 1 rings (SSSR count). The van der Waals surface area contributed by atoms with Gasteiger partial charge in [-0.2, -0.15) is 5.26 Å². The first-order valence-corrected chi connectivity index (χ1v) is 5.34. The molecule has 0 saturated heterocycles. The van der Waals surface area contributed by atoms with E-state index in [1.807, 2.05) is 12.1 Å². The quantitative estimate of drug-likeness (QED) is 0.750. The second kappa shape index (κ2) is 5.41. The Morgan fingerprint density at radius 3 is 2.47 bits per heavy atom. The molecule has 1 aromatic rings. The van der Waals surface area contributed by atoms with Crippen molar-refractivity contribution in [1.82, 2.24) is 0 Å². The minimum atomic E-state index is 0.544. The molecule has 0 spiro atoms. The average molecular weight is 203 g/mol. The standard InChI is InChI=1S/C13H17NO/c1-4-10(5-2)11-6-7-13(15-3)12(8-11)9-14/h6-8,10H,4-5H2,1-3H3. The van der Waals surface area contributed by atoms with Crippen LogP contribution < -0.4 is 4.74 Å². The summed E-state index contributed by atoms with van der Waals surface area (Å²) in [6.45, 7) is 4.34. The first kappa shape index (κ1) is 11.6. The predicted octanol–water partition coefficient (Wildman–Crippen LogP) is 3.47. The normalized spacial score (nSPS) is 10.1. The van der Waals surface area contributed by atoms with Gasteiger partial charge in [0.05, 0.1) is 12.7 Å². The molecule has 2 nitrogen and oxygen atoms in total. The van der Waals surface area contributed by atoms with Crippen LogP contribution in [0.4, 0.5) is 0 Å². The molecule has 15 heavy (non-hydrogen) atoms. The lowest BCUT2D eigenvalue weighted by Gasteiger charge is -2.13. The maximum Gasteiger partial charge on any atom is 0.136 e. The molecule has 0 aliphatic rings. The van der Waals surface area contributed by atoms with Gasteiger partial charge in [-0.15, -0.1) is 0 Å². The van der Waals surface area contributed by atoms with E-state index in [2.05, 4.69) is 26.0 Å². The van der Waals surface area contributed by atoms with Crippen molar-refractivity contribution in [3.05, 3.63) is 29.3 Å². The summed E-state index contributed by atoms with van der Waals surface area (Å²) in [4.78, 5) is 0. The molecular formula is C13H17NO. The van der Waals surface area contributed by atoms with Crippen LogP contribution in [0.3, 0.4) is 0 Å². The molecule has 0 N–H and O–H groups in total. The van der Waals surface area contributed by atoms with Crippen LogP contribution in [0, 0.1) is 11.3 Å². The van der Waals surface area contributed by atoms with Crippen molar-refractivity contribution in [2.45, 2.75) is 32.6 Å². The summed E-state index contributed by atoms with van der Waals surface area (Å²) in [7, 11) is 1.59. The molecule has 0 amide bonds. The molecule has 1 aromatic carbocycles. The summed E-state index contributed by atoms with van der Waals surface area (Å²) in [5.41, 5.74) is 1.86. The van der Waals surface area contributed by atoms with E-state index in [1.54, 1.807) is 7.11 Å². The number of nitrogens with zero attached hydrogens (tertiary/aromatic N) is 1. The highest BCUT2D eigenvalue weighted by Crippen LogP contribution is 2.27. The Bertz CT molecular complexity index is 361. The largest absolute Gasteiger partial charge is 0.495 e. The van der Waals surface area contributed by atoms with E-state index in [4.69, 9.17) is 10.00 Å². The lowest BCUT2D eigenvalue weighted by Crippen LogP contribution is -1.97. The van der Waals surface area contributed by atoms with E-state index in [0.29, 0.717) is 17.2 Å².